The third kappa shape index (κ3) is 2.72. The molecule has 3 nitrogen and oxygen atoms in total. The van der Waals surface area contributed by atoms with Crippen LogP contribution >= 0.6 is 11.8 Å². The molecule has 0 aromatic heterocycles. The lowest BCUT2D eigenvalue weighted by Gasteiger charge is -2.44. The normalized spacial score (nSPS) is 27.3. The first-order chi connectivity index (χ1) is 16.7. The van der Waals surface area contributed by atoms with E-state index in [0.717, 1.165) is 5.57 Å². The molecule has 2 atom stereocenters. The number of fused-ring (bicyclic) bond motifs is 5. The zero-order valence-electron chi connectivity index (χ0n) is 18.9. The molecule has 2 fully saturated rings. The number of benzene rings is 2. The fourth-order valence-electron chi connectivity index (χ4n) is 6.66. The third-order valence-electron chi connectivity index (χ3n) is 8.20. The van der Waals surface area contributed by atoms with Crippen molar-refractivity contribution in [2.24, 2.45) is 5.92 Å². The van der Waals surface area contributed by atoms with Gasteiger partial charge in [0.25, 0.3) is 0 Å². The van der Waals surface area contributed by atoms with Gasteiger partial charge >= 0.3 is 0 Å². The van der Waals surface area contributed by atoms with Gasteiger partial charge in [0.15, 0.2) is 11.6 Å². The first kappa shape index (κ1) is 20.3. The van der Waals surface area contributed by atoms with Crippen molar-refractivity contribution in [2.75, 3.05) is 4.90 Å². The first-order valence-corrected chi connectivity index (χ1v) is 13.1. The zero-order valence-corrected chi connectivity index (χ0v) is 19.7. The van der Waals surface area contributed by atoms with Gasteiger partial charge in [-0.05, 0) is 59.2 Å². The molecular weight excluding hydrogens is 438 g/mol. The molecule has 0 N–H and O–H groups in total. The van der Waals surface area contributed by atoms with Gasteiger partial charge in [0.05, 0.1) is 16.7 Å². The molecule has 5 aliphatic rings. The number of anilines is 2. The predicted octanol–water partition coefficient (Wildman–Crippen LogP) is 6.54. The van der Waals surface area contributed by atoms with Crippen LogP contribution in [0.25, 0.3) is 0 Å². The van der Waals surface area contributed by atoms with Gasteiger partial charge < -0.3 is 4.90 Å². The minimum absolute atomic E-state index is 0.0174. The Morgan fingerprint density at radius 1 is 0.882 bits per heavy atom. The predicted molar refractivity (Wildman–Crippen MR) is 137 cm³/mol. The van der Waals surface area contributed by atoms with E-state index in [-0.39, 0.29) is 28.1 Å². The van der Waals surface area contributed by atoms with E-state index in [1.54, 1.807) is 0 Å². The molecule has 168 valence electrons. The number of hydrogen-bond donors (Lipinski definition) is 0. The molecule has 2 aliphatic heterocycles. The van der Waals surface area contributed by atoms with Crippen molar-refractivity contribution >= 4 is 34.7 Å². The van der Waals surface area contributed by atoms with E-state index in [2.05, 4.69) is 65.6 Å². The molecule has 34 heavy (non-hydrogen) atoms. The topological polar surface area (TPSA) is 37.4 Å². The Labute approximate surface area is 203 Å². The monoisotopic (exact) mass is 463 g/mol. The Morgan fingerprint density at radius 2 is 1.56 bits per heavy atom. The highest BCUT2D eigenvalue weighted by atomic mass is 32.2. The smallest absolute Gasteiger partial charge is 0.180 e. The number of carbonyl (C=O) groups excluding carboxylic acids is 2. The van der Waals surface area contributed by atoms with Gasteiger partial charge in [0.2, 0.25) is 0 Å². The summed E-state index contributed by atoms with van der Waals surface area (Å²) >= 11 is 1.47. The van der Waals surface area contributed by atoms with Crippen molar-refractivity contribution in [3.05, 3.63) is 106 Å². The summed E-state index contributed by atoms with van der Waals surface area (Å²) in [6, 6.07) is 17.7. The zero-order chi connectivity index (χ0) is 22.9. The summed E-state index contributed by atoms with van der Waals surface area (Å²) in [7, 11) is 0. The van der Waals surface area contributed by atoms with Crippen molar-refractivity contribution in [3.8, 4) is 0 Å². The van der Waals surface area contributed by atoms with Crippen molar-refractivity contribution in [3.63, 3.8) is 0 Å². The fraction of sp³-hybridized carbons (Fsp3) is 0.267. The highest BCUT2D eigenvalue weighted by Gasteiger charge is 2.47. The second kappa shape index (κ2) is 7.44. The van der Waals surface area contributed by atoms with Crippen LogP contribution in [0.4, 0.5) is 11.4 Å². The van der Waals surface area contributed by atoms with E-state index in [1.807, 2.05) is 17.6 Å². The summed E-state index contributed by atoms with van der Waals surface area (Å²) in [4.78, 5) is 28.1. The van der Waals surface area contributed by atoms with Crippen molar-refractivity contribution in [1.29, 1.82) is 0 Å². The van der Waals surface area contributed by atoms with E-state index in [0.29, 0.717) is 12.0 Å². The van der Waals surface area contributed by atoms with Crippen molar-refractivity contribution < 1.29 is 9.59 Å². The Hall–Kier alpha value is -3.11. The number of ketones is 2. The lowest BCUT2D eigenvalue weighted by Crippen LogP contribution is -2.34. The number of hydrogen-bond acceptors (Lipinski definition) is 4. The van der Waals surface area contributed by atoms with Gasteiger partial charge in [-0.25, -0.2) is 0 Å². The van der Waals surface area contributed by atoms with Crippen LogP contribution in [0.3, 0.4) is 0 Å². The summed E-state index contributed by atoms with van der Waals surface area (Å²) in [5.74, 6) is -0.319. The lowest BCUT2D eigenvalue weighted by molar-refractivity contribution is -0.117. The van der Waals surface area contributed by atoms with Crippen LogP contribution in [-0.4, -0.2) is 16.8 Å². The molecule has 2 saturated carbocycles. The van der Waals surface area contributed by atoms with Crippen LogP contribution in [0.5, 0.6) is 0 Å². The fourth-order valence-corrected chi connectivity index (χ4v) is 7.73. The van der Waals surface area contributed by atoms with Crippen LogP contribution in [0.15, 0.2) is 95.1 Å². The summed E-state index contributed by atoms with van der Waals surface area (Å²) in [6.07, 6.45) is 13.6. The van der Waals surface area contributed by atoms with Gasteiger partial charge in [0.1, 0.15) is 0 Å². The SMILES string of the molecule is O=C1/C(=C\C2=CC=C(N3c4ccccc4C4(CCCC4)c4ccccc43)C2)C(=O)C2SC=CC12. The van der Waals surface area contributed by atoms with E-state index in [1.165, 1.54) is 65.6 Å². The van der Waals surface area contributed by atoms with Crippen LogP contribution < -0.4 is 4.90 Å². The van der Waals surface area contributed by atoms with Gasteiger partial charge in [-0.2, -0.15) is 0 Å². The molecule has 4 heteroatoms. The molecule has 2 aromatic carbocycles. The molecule has 1 spiro atoms. The van der Waals surface area contributed by atoms with Crippen LogP contribution in [0.2, 0.25) is 0 Å². The second-order valence-corrected chi connectivity index (χ2v) is 11.0. The summed E-state index contributed by atoms with van der Waals surface area (Å²) < 4.78 is 0. The number of Topliss-reactive ketones (excluding diaryl/α,β-unsaturated/α-hetero) is 2. The molecular formula is C30H25NO2S. The quantitative estimate of drug-likeness (QED) is 0.375. The Kier molecular flexibility index (Phi) is 4.44. The number of nitrogens with zero attached hydrogens (tertiary/aromatic N) is 1. The molecule has 2 aromatic rings. The van der Waals surface area contributed by atoms with E-state index < -0.39 is 0 Å². The molecule has 2 unspecified atom stereocenters. The number of carbonyl (C=O) groups is 2. The molecule has 7 rings (SSSR count). The average molecular weight is 464 g/mol. The Morgan fingerprint density at radius 3 is 2.24 bits per heavy atom. The first-order valence-electron chi connectivity index (χ1n) is 12.2. The number of thioether (sulfide) groups is 1. The highest BCUT2D eigenvalue weighted by molar-refractivity contribution is 8.03. The van der Waals surface area contributed by atoms with Gasteiger partial charge in [-0.3, -0.25) is 9.59 Å². The van der Waals surface area contributed by atoms with Crippen LogP contribution in [-0.2, 0) is 15.0 Å². The third-order valence-corrected chi connectivity index (χ3v) is 9.31. The minimum Gasteiger partial charge on any atom is -0.313 e. The van der Waals surface area contributed by atoms with Gasteiger partial charge in [-0.1, -0.05) is 61.4 Å². The standard InChI is InChI=1S/C30H25NO2S/c32-27-21-13-16-34-29(21)28(33)22(27)18-19-11-12-20(17-19)31-25-9-3-1-7-23(25)30(14-5-6-15-30)24-8-2-4-10-26(24)31/h1-4,7-13,16,18,21,29H,5-6,14-15,17H2/b22-18+. The van der Waals surface area contributed by atoms with Crippen molar-refractivity contribution in [2.45, 2.75) is 42.8 Å². The average Bonchev–Trinajstić information content (AvgIpc) is 3.66. The summed E-state index contributed by atoms with van der Waals surface area (Å²) in [5, 5.41) is 1.63. The maximum Gasteiger partial charge on any atom is 0.180 e. The molecule has 2 heterocycles. The maximum atomic E-state index is 12.8. The molecule has 0 amide bonds. The summed E-state index contributed by atoms with van der Waals surface area (Å²) in [6.45, 7) is 0. The van der Waals surface area contributed by atoms with Gasteiger partial charge in [0, 0.05) is 28.9 Å². The maximum absolute atomic E-state index is 12.8. The van der Waals surface area contributed by atoms with Gasteiger partial charge in [-0.15, -0.1) is 11.8 Å². The Bertz CT molecular complexity index is 1320. The second-order valence-electron chi connectivity index (χ2n) is 9.93. The van der Waals surface area contributed by atoms with E-state index in [9.17, 15) is 9.59 Å². The largest absolute Gasteiger partial charge is 0.313 e. The minimum atomic E-state index is -0.276. The molecule has 0 bridgehead atoms. The lowest BCUT2D eigenvalue weighted by atomic mass is 9.69. The summed E-state index contributed by atoms with van der Waals surface area (Å²) in [5.41, 5.74) is 8.07. The molecule has 3 aliphatic carbocycles. The number of allylic oxidation sites excluding steroid dienone is 6. The van der Waals surface area contributed by atoms with Crippen LogP contribution in [0.1, 0.15) is 43.2 Å². The van der Waals surface area contributed by atoms with Crippen molar-refractivity contribution in [1.82, 2.24) is 0 Å². The van der Waals surface area contributed by atoms with E-state index >= 15 is 0 Å². The Balaban J connectivity index is 1.25. The number of para-hydroxylation sites is 2. The molecule has 0 saturated heterocycles. The molecule has 0 radical (unpaired) electrons. The van der Waals surface area contributed by atoms with E-state index in [4.69, 9.17) is 0 Å². The number of rotatable bonds is 2. The van der Waals surface area contributed by atoms with Crippen LogP contribution in [0, 0.1) is 5.92 Å². The highest BCUT2D eigenvalue weighted by Crippen LogP contribution is 2.57.